The van der Waals surface area contributed by atoms with Crippen LogP contribution in [-0.2, 0) is 6.54 Å². The van der Waals surface area contributed by atoms with Crippen molar-refractivity contribution in [3.63, 3.8) is 0 Å². The van der Waals surface area contributed by atoms with Gasteiger partial charge in [-0.2, -0.15) is 11.8 Å². The smallest absolute Gasteiger partial charge is 0.146 e. The van der Waals surface area contributed by atoms with Gasteiger partial charge < -0.3 is 5.73 Å². The Morgan fingerprint density at radius 1 is 1.47 bits per heavy atom. The first kappa shape index (κ1) is 14.6. The van der Waals surface area contributed by atoms with E-state index >= 15 is 0 Å². The van der Waals surface area contributed by atoms with Gasteiger partial charge >= 0.3 is 0 Å². The Morgan fingerprint density at radius 3 is 2.95 bits per heavy atom. The monoisotopic (exact) mass is 296 g/mol. The molecule has 2 aromatic heterocycles. The van der Waals surface area contributed by atoms with Crippen LogP contribution < -0.4 is 5.73 Å². The fourth-order valence-electron chi connectivity index (χ4n) is 2.10. The van der Waals surface area contributed by atoms with Gasteiger partial charge in [0.25, 0.3) is 0 Å². The van der Waals surface area contributed by atoms with Crippen LogP contribution in [0.5, 0.6) is 0 Å². The second-order valence-electron chi connectivity index (χ2n) is 4.60. The molecule has 1 atom stereocenters. The fourth-order valence-corrected chi connectivity index (χ4v) is 3.76. The summed E-state index contributed by atoms with van der Waals surface area (Å²) < 4.78 is 0. The maximum Gasteiger partial charge on any atom is 0.146 e. The summed E-state index contributed by atoms with van der Waals surface area (Å²) in [5.41, 5.74) is 5.98. The zero-order valence-corrected chi connectivity index (χ0v) is 13.2. The number of thioether (sulfide) groups is 1. The molecule has 0 amide bonds. The first-order chi connectivity index (χ1) is 9.15. The van der Waals surface area contributed by atoms with Crippen LogP contribution in [0.25, 0.3) is 10.2 Å². The van der Waals surface area contributed by atoms with Gasteiger partial charge in [-0.25, -0.2) is 9.97 Å². The first-order valence-corrected chi connectivity index (χ1v) is 8.61. The van der Waals surface area contributed by atoms with Crippen molar-refractivity contribution < 1.29 is 0 Å². The summed E-state index contributed by atoms with van der Waals surface area (Å²) in [5, 5.41) is 2.97. The molecule has 0 spiro atoms. The number of nitrogens with two attached hydrogens (primary N) is 1. The molecule has 0 saturated heterocycles. The maximum atomic E-state index is 5.98. The van der Waals surface area contributed by atoms with Gasteiger partial charge in [0.05, 0.1) is 11.9 Å². The minimum absolute atomic E-state index is 0.554. The van der Waals surface area contributed by atoms with Gasteiger partial charge in [-0.1, -0.05) is 6.92 Å². The zero-order valence-electron chi connectivity index (χ0n) is 11.6. The maximum absolute atomic E-state index is 5.98. The van der Waals surface area contributed by atoms with E-state index in [-0.39, 0.29) is 0 Å². The van der Waals surface area contributed by atoms with Crippen LogP contribution in [0, 0.1) is 0 Å². The van der Waals surface area contributed by atoms with Crippen LogP contribution in [0.15, 0.2) is 11.4 Å². The van der Waals surface area contributed by atoms with Crippen LogP contribution in [0.2, 0.25) is 0 Å². The van der Waals surface area contributed by atoms with Crippen LogP contribution in [0.3, 0.4) is 0 Å². The zero-order chi connectivity index (χ0) is 13.8. The Hall–Kier alpha value is -0.850. The minimum atomic E-state index is 0.554. The van der Waals surface area contributed by atoms with Crippen molar-refractivity contribution in [1.29, 1.82) is 0 Å². The molecule has 0 bridgehead atoms. The van der Waals surface area contributed by atoms with Crippen molar-refractivity contribution in [2.24, 2.45) is 0 Å². The molecule has 1 unspecified atom stereocenters. The summed E-state index contributed by atoms with van der Waals surface area (Å²) in [6.45, 7) is 2.96. The highest BCUT2D eigenvalue weighted by atomic mass is 32.2. The summed E-state index contributed by atoms with van der Waals surface area (Å²) in [4.78, 5) is 12.3. The average molecular weight is 296 g/mol. The number of fused-ring (bicyclic) bond motifs is 1. The molecule has 0 aromatic carbocycles. The molecule has 2 aromatic rings. The predicted octanol–water partition coefficient (Wildman–Crippen LogP) is 2.85. The van der Waals surface area contributed by atoms with E-state index in [0.717, 1.165) is 34.8 Å². The van der Waals surface area contributed by atoms with E-state index in [0.29, 0.717) is 11.9 Å². The van der Waals surface area contributed by atoms with Crippen molar-refractivity contribution in [2.45, 2.75) is 25.9 Å². The summed E-state index contributed by atoms with van der Waals surface area (Å²) in [6.07, 6.45) is 3.27. The summed E-state index contributed by atoms with van der Waals surface area (Å²) in [6, 6.07) is 2.53. The Bertz CT molecular complexity index is 540. The third-order valence-corrected chi connectivity index (χ3v) is 4.77. The van der Waals surface area contributed by atoms with Crippen LogP contribution >= 0.6 is 23.1 Å². The summed E-state index contributed by atoms with van der Waals surface area (Å²) in [5.74, 6) is 2.53. The molecule has 2 heterocycles. The van der Waals surface area contributed by atoms with Crippen molar-refractivity contribution in [3.05, 3.63) is 17.3 Å². The van der Waals surface area contributed by atoms with Gasteiger partial charge in [-0.05, 0) is 31.2 Å². The molecule has 4 nitrogen and oxygen atoms in total. The Labute approximate surface area is 122 Å². The SMILES string of the molecule is CCC(CSC)N(C)Cc1nc(N)c2ccsc2n1. The predicted molar refractivity (Wildman–Crippen MR) is 85.8 cm³/mol. The lowest BCUT2D eigenvalue weighted by Gasteiger charge is -2.25. The molecule has 0 aliphatic heterocycles. The molecule has 0 fully saturated rings. The summed E-state index contributed by atoms with van der Waals surface area (Å²) >= 11 is 3.49. The molecule has 104 valence electrons. The standard InChI is InChI=1S/C13H20N4S2/c1-4-9(8-18-3)17(2)7-11-15-12(14)10-5-6-19-13(10)16-11/h5-6,9H,4,7-8H2,1-3H3,(H2,14,15,16). The minimum Gasteiger partial charge on any atom is -0.383 e. The topological polar surface area (TPSA) is 55.0 Å². The number of nitrogen functional groups attached to an aromatic ring is 1. The molecule has 6 heteroatoms. The van der Waals surface area contributed by atoms with E-state index < -0.39 is 0 Å². The van der Waals surface area contributed by atoms with Crippen LogP contribution in [-0.4, -0.2) is 40.0 Å². The Morgan fingerprint density at radius 2 is 2.26 bits per heavy atom. The average Bonchev–Trinajstić information content (AvgIpc) is 2.84. The van der Waals surface area contributed by atoms with Crippen molar-refractivity contribution in [2.75, 3.05) is 24.8 Å². The molecule has 19 heavy (non-hydrogen) atoms. The van der Waals surface area contributed by atoms with E-state index in [2.05, 4.69) is 35.1 Å². The number of hydrogen-bond acceptors (Lipinski definition) is 6. The number of hydrogen-bond donors (Lipinski definition) is 1. The van der Waals surface area contributed by atoms with Crippen molar-refractivity contribution in [1.82, 2.24) is 14.9 Å². The van der Waals surface area contributed by atoms with E-state index in [4.69, 9.17) is 5.73 Å². The number of thiophene rings is 1. The van der Waals surface area contributed by atoms with Crippen molar-refractivity contribution >= 4 is 39.1 Å². The van der Waals surface area contributed by atoms with Crippen molar-refractivity contribution in [3.8, 4) is 0 Å². The highest BCUT2D eigenvalue weighted by molar-refractivity contribution is 7.98. The van der Waals surface area contributed by atoms with E-state index in [1.54, 1.807) is 11.3 Å². The number of rotatable bonds is 6. The molecular weight excluding hydrogens is 276 g/mol. The Kier molecular flexibility index (Phi) is 5.01. The second-order valence-corrected chi connectivity index (χ2v) is 6.40. The molecule has 0 radical (unpaired) electrons. The van der Waals surface area contributed by atoms with Gasteiger partial charge in [0.1, 0.15) is 16.5 Å². The number of aromatic nitrogens is 2. The molecule has 0 aliphatic rings. The van der Waals surface area contributed by atoms with Crippen LogP contribution in [0.4, 0.5) is 5.82 Å². The molecule has 2 rings (SSSR count). The van der Waals surface area contributed by atoms with Gasteiger partial charge in [-0.3, -0.25) is 4.90 Å². The molecule has 2 N–H and O–H groups in total. The van der Waals surface area contributed by atoms with Gasteiger partial charge in [-0.15, -0.1) is 11.3 Å². The van der Waals surface area contributed by atoms with E-state index in [9.17, 15) is 0 Å². The quantitative estimate of drug-likeness (QED) is 0.888. The normalized spacial score (nSPS) is 13.3. The summed E-state index contributed by atoms with van der Waals surface area (Å²) in [7, 11) is 2.13. The van der Waals surface area contributed by atoms with Gasteiger partial charge in [0.2, 0.25) is 0 Å². The lowest BCUT2D eigenvalue weighted by Crippen LogP contribution is -2.33. The first-order valence-electron chi connectivity index (χ1n) is 6.34. The highest BCUT2D eigenvalue weighted by Crippen LogP contribution is 2.23. The van der Waals surface area contributed by atoms with Crippen LogP contribution in [0.1, 0.15) is 19.2 Å². The lowest BCUT2D eigenvalue weighted by molar-refractivity contribution is 0.242. The van der Waals surface area contributed by atoms with E-state index in [1.807, 2.05) is 23.2 Å². The number of nitrogens with zero attached hydrogens (tertiary/aromatic N) is 3. The molecule has 0 aliphatic carbocycles. The lowest BCUT2D eigenvalue weighted by atomic mass is 10.2. The third-order valence-electron chi connectivity index (χ3n) is 3.25. The molecule has 0 saturated carbocycles. The van der Waals surface area contributed by atoms with Gasteiger partial charge in [0.15, 0.2) is 0 Å². The third kappa shape index (κ3) is 3.38. The van der Waals surface area contributed by atoms with Gasteiger partial charge in [0, 0.05) is 11.8 Å². The molecular formula is C13H20N4S2. The highest BCUT2D eigenvalue weighted by Gasteiger charge is 2.15. The Balaban J connectivity index is 2.16. The largest absolute Gasteiger partial charge is 0.383 e. The number of anilines is 1. The second kappa shape index (κ2) is 6.54. The fraction of sp³-hybridized carbons (Fsp3) is 0.538. The van der Waals surface area contributed by atoms with E-state index in [1.165, 1.54) is 0 Å².